The number of benzene rings is 2. The van der Waals surface area contributed by atoms with Gasteiger partial charge in [-0.3, -0.25) is 19.5 Å². The van der Waals surface area contributed by atoms with Crippen molar-refractivity contribution in [3.05, 3.63) is 89.8 Å². The molecule has 0 bridgehead atoms. The number of ketones is 1. The molecule has 0 unspecified atom stereocenters. The Labute approximate surface area is 192 Å². The van der Waals surface area contributed by atoms with Gasteiger partial charge in [-0.25, -0.2) is 0 Å². The summed E-state index contributed by atoms with van der Waals surface area (Å²) in [6, 6.07) is 21.1. The Morgan fingerprint density at radius 3 is 2.42 bits per heavy atom. The summed E-state index contributed by atoms with van der Waals surface area (Å²) in [5.74, 6) is 0.892. The molecule has 0 spiro atoms. The second-order valence-electron chi connectivity index (χ2n) is 8.36. The Hall–Kier alpha value is -3.77. The molecule has 0 N–H and O–H groups in total. The molecule has 4 aromatic rings. The number of furan rings is 1. The Kier molecular flexibility index (Phi) is 5.75. The topological polar surface area (TPSA) is 66.7 Å². The molecule has 1 amide bonds. The Morgan fingerprint density at radius 2 is 1.67 bits per heavy atom. The summed E-state index contributed by atoms with van der Waals surface area (Å²) in [4.78, 5) is 33.2. The Balaban J connectivity index is 1.21. The highest BCUT2D eigenvalue weighted by Crippen LogP contribution is 2.24. The van der Waals surface area contributed by atoms with E-state index >= 15 is 0 Å². The average molecular weight is 440 g/mol. The van der Waals surface area contributed by atoms with Gasteiger partial charge in [0.2, 0.25) is 0 Å². The molecule has 1 fully saturated rings. The maximum atomic E-state index is 13.0. The van der Waals surface area contributed by atoms with Crippen LogP contribution in [0.25, 0.3) is 22.2 Å². The van der Waals surface area contributed by atoms with Gasteiger partial charge in [0.05, 0.1) is 5.52 Å². The number of aromatic nitrogens is 1. The highest BCUT2D eigenvalue weighted by Gasteiger charge is 2.25. The molecule has 1 saturated heterocycles. The molecule has 166 valence electrons. The summed E-state index contributed by atoms with van der Waals surface area (Å²) in [7, 11) is 0. The van der Waals surface area contributed by atoms with E-state index in [-0.39, 0.29) is 11.7 Å². The van der Waals surface area contributed by atoms with Gasteiger partial charge in [-0.2, -0.15) is 0 Å². The van der Waals surface area contributed by atoms with E-state index in [0.717, 1.165) is 36.1 Å². The van der Waals surface area contributed by atoms with Gasteiger partial charge in [-0.1, -0.05) is 48.5 Å². The van der Waals surface area contributed by atoms with Crippen molar-refractivity contribution in [3.63, 3.8) is 0 Å². The zero-order valence-corrected chi connectivity index (χ0v) is 18.5. The minimum absolute atomic E-state index is 0.0210. The molecule has 0 atom stereocenters. The first-order chi connectivity index (χ1) is 16.1. The summed E-state index contributed by atoms with van der Waals surface area (Å²) in [6.45, 7) is 5.26. The van der Waals surface area contributed by atoms with Gasteiger partial charge in [0.15, 0.2) is 11.5 Å². The van der Waals surface area contributed by atoms with Crippen molar-refractivity contribution in [2.75, 3.05) is 26.2 Å². The number of Topliss-reactive ketones (excluding diaryl/α,β-unsaturated/α-hetero) is 1. The van der Waals surface area contributed by atoms with E-state index in [9.17, 15) is 9.59 Å². The van der Waals surface area contributed by atoms with Gasteiger partial charge in [0.25, 0.3) is 5.91 Å². The zero-order valence-electron chi connectivity index (χ0n) is 18.5. The number of amides is 1. The number of para-hydroxylation sites is 1. The van der Waals surface area contributed by atoms with Crippen LogP contribution < -0.4 is 0 Å². The van der Waals surface area contributed by atoms with E-state index < -0.39 is 0 Å². The van der Waals surface area contributed by atoms with Crippen molar-refractivity contribution in [1.82, 2.24) is 14.8 Å². The van der Waals surface area contributed by atoms with Crippen molar-refractivity contribution in [2.24, 2.45) is 0 Å². The molecular formula is C27H25N3O3. The fourth-order valence-corrected chi connectivity index (χ4v) is 4.28. The number of piperazine rings is 1. The van der Waals surface area contributed by atoms with Gasteiger partial charge in [0.1, 0.15) is 5.76 Å². The van der Waals surface area contributed by atoms with Crippen LogP contribution in [0.15, 0.2) is 77.3 Å². The number of rotatable bonds is 5. The number of carbonyl (C=O) groups is 2. The summed E-state index contributed by atoms with van der Waals surface area (Å²) in [5.41, 5.74) is 3.74. The van der Waals surface area contributed by atoms with Crippen LogP contribution in [-0.4, -0.2) is 52.7 Å². The number of carbonyl (C=O) groups excluding carboxylic acids is 2. The van der Waals surface area contributed by atoms with Crippen LogP contribution in [-0.2, 0) is 6.54 Å². The van der Waals surface area contributed by atoms with Gasteiger partial charge in [-0.05, 0) is 30.7 Å². The molecule has 1 aliphatic heterocycles. The molecule has 2 aromatic carbocycles. The van der Waals surface area contributed by atoms with E-state index in [4.69, 9.17) is 4.42 Å². The molecule has 2 aromatic heterocycles. The first-order valence-electron chi connectivity index (χ1n) is 11.1. The summed E-state index contributed by atoms with van der Waals surface area (Å²) in [5, 5.41) is 1.15. The highest BCUT2D eigenvalue weighted by molar-refractivity contribution is 5.94. The largest absolute Gasteiger partial charge is 0.451 e. The normalized spacial score (nSPS) is 14.5. The summed E-state index contributed by atoms with van der Waals surface area (Å²) >= 11 is 0. The number of hydrogen-bond acceptors (Lipinski definition) is 5. The van der Waals surface area contributed by atoms with Crippen molar-refractivity contribution < 1.29 is 14.0 Å². The highest BCUT2D eigenvalue weighted by atomic mass is 16.4. The number of pyridine rings is 1. The fourth-order valence-electron chi connectivity index (χ4n) is 4.28. The van der Waals surface area contributed by atoms with E-state index in [1.165, 1.54) is 12.5 Å². The third-order valence-electron chi connectivity index (χ3n) is 6.16. The predicted molar refractivity (Wildman–Crippen MR) is 127 cm³/mol. The van der Waals surface area contributed by atoms with Crippen LogP contribution in [0, 0.1) is 0 Å². The summed E-state index contributed by atoms with van der Waals surface area (Å²) in [6.07, 6.45) is 1.83. The molecule has 3 heterocycles. The van der Waals surface area contributed by atoms with Crippen LogP contribution in [0.3, 0.4) is 0 Å². The monoisotopic (exact) mass is 439 g/mol. The molecule has 0 saturated carbocycles. The maximum absolute atomic E-state index is 13.0. The van der Waals surface area contributed by atoms with E-state index in [1.807, 2.05) is 29.3 Å². The average Bonchev–Trinajstić information content (AvgIpc) is 3.35. The smallest absolute Gasteiger partial charge is 0.289 e. The number of hydrogen-bond donors (Lipinski definition) is 0. The van der Waals surface area contributed by atoms with Crippen molar-refractivity contribution in [1.29, 1.82) is 0 Å². The molecule has 6 nitrogen and oxygen atoms in total. The van der Waals surface area contributed by atoms with E-state index in [0.29, 0.717) is 30.2 Å². The molecular weight excluding hydrogens is 414 g/mol. The lowest BCUT2D eigenvalue weighted by Crippen LogP contribution is -2.48. The maximum Gasteiger partial charge on any atom is 0.289 e. The lowest BCUT2D eigenvalue weighted by atomic mass is 10.1. The van der Waals surface area contributed by atoms with Crippen LogP contribution >= 0.6 is 0 Å². The van der Waals surface area contributed by atoms with Crippen molar-refractivity contribution in [2.45, 2.75) is 13.5 Å². The fraction of sp³-hybridized carbons (Fsp3) is 0.222. The zero-order chi connectivity index (χ0) is 22.8. The second-order valence-corrected chi connectivity index (χ2v) is 8.36. The molecule has 6 heteroatoms. The predicted octanol–water partition coefficient (Wildman–Crippen LogP) is 4.66. The van der Waals surface area contributed by atoms with Crippen LogP contribution in [0.4, 0.5) is 0 Å². The van der Waals surface area contributed by atoms with Gasteiger partial charge in [0, 0.05) is 55.4 Å². The second kappa shape index (κ2) is 9.00. The molecule has 0 radical (unpaired) electrons. The van der Waals surface area contributed by atoms with Crippen molar-refractivity contribution in [3.8, 4) is 11.3 Å². The minimum Gasteiger partial charge on any atom is -0.451 e. The first-order valence-corrected chi connectivity index (χ1v) is 11.1. The molecule has 33 heavy (non-hydrogen) atoms. The van der Waals surface area contributed by atoms with Gasteiger partial charge >= 0.3 is 0 Å². The lowest BCUT2D eigenvalue weighted by Gasteiger charge is -2.34. The third-order valence-corrected chi connectivity index (χ3v) is 6.16. The number of nitrogens with zero attached hydrogens (tertiary/aromatic N) is 3. The standard InChI is InChI=1S/C27H25N3O3/c1-19(31)20-7-9-21(10-8-20)24-11-12-25(33-24)27(32)30-16-14-29(15-17-30)18-23-5-2-4-22-6-3-13-28-26(22)23/h2-13H,14-18H2,1H3. The van der Waals surface area contributed by atoms with Crippen LogP contribution in [0.5, 0.6) is 0 Å². The Morgan fingerprint density at radius 1 is 0.909 bits per heavy atom. The van der Waals surface area contributed by atoms with Gasteiger partial charge < -0.3 is 9.32 Å². The molecule has 5 rings (SSSR count). The van der Waals surface area contributed by atoms with Crippen molar-refractivity contribution >= 4 is 22.6 Å². The molecule has 0 aliphatic carbocycles. The third kappa shape index (κ3) is 4.43. The number of fused-ring (bicyclic) bond motifs is 1. The lowest BCUT2D eigenvalue weighted by molar-refractivity contribution is 0.0599. The molecule has 1 aliphatic rings. The minimum atomic E-state index is -0.0897. The first kappa shape index (κ1) is 21.1. The van der Waals surface area contributed by atoms with E-state index in [1.54, 1.807) is 24.3 Å². The van der Waals surface area contributed by atoms with E-state index in [2.05, 4.69) is 34.1 Å². The van der Waals surface area contributed by atoms with Crippen LogP contribution in [0.2, 0.25) is 0 Å². The quantitative estimate of drug-likeness (QED) is 0.423. The van der Waals surface area contributed by atoms with Crippen LogP contribution in [0.1, 0.15) is 33.4 Å². The van der Waals surface area contributed by atoms with Gasteiger partial charge in [-0.15, -0.1) is 0 Å². The summed E-state index contributed by atoms with van der Waals surface area (Å²) < 4.78 is 5.86. The SMILES string of the molecule is CC(=O)c1ccc(-c2ccc(C(=O)N3CCN(Cc4cccc5cccnc45)CC3)o2)cc1. The Bertz CT molecular complexity index is 1300.